The fourth-order valence-corrected chi connectivity index (χ4v) is 4.74. The van der Waals surface area contributed by atoms with E-state index < -0.39 is 5.92 Å². The van der Waals surface area contributed by atoms with Crippen molar-refractivity contribution in [1.29, 1.82) is 0 Å². The molecule has 0 aromatic heterocycles. The number of Topliss-reactive ketones (excluding diaryl/α,β-unsaturated/α-hetero) is 1. The SMILES string of the molecule is COc1ccc(/C=C2/Oc3c(ccc4c3[C@H](c3cc(OC)c5c(c3)OCCO5)CC(=O)O4)C2=O)cc1. The summed E-state index contributed by atoms with van der Waals surface area (Å²) in [5.41, 5.74) is 2.62. The van der Waals surface area contributed by atoms with Crippen molar-refractivity contribution in [2.45, 2.75) is 12.3 Å². The van der Waals surface area contributed by atoms with Gasteiger partial charge >= 0.3 is 5.97 Å². The monoisotopic (exact) mass is 486 g/mol. The molecule has 182 valence electrons. The van der Waals surface area contributed by atoms with E-state index in [0.29, 0.717) is 58.8 Å². The average molecular weight is 486 g/mol. The fourth-order valence-electron chi connectivity index (χ4n) is 4.74. The van der Waals surface area contributed by atoms with Crippen molar-refractivity contribution in [3.8, 4) is 34.5 Å². The molecule has 0 saturated heterocycles. The molecule has 0 N–H and O–H groups in total. The number of hydrogen-bond donors (Lipinski definition) is 0. The lowest BCUT2D eigenvalue weighted by Crippen LogP contribution is -2.22. The van der Waals surface area contributed by atoms with E-state index in [-0.39, 0.29) is 23.9 Å². The van der Waals surface area contributed by atoms with Gasteiger partial charge in [0.2, 0.25) is 11.5 Å². The molecule has 1 atom stereocenters. The maximum atomic E-state index is 13.2. The summed E-state index contributed by atoms with van der Waals surface area (Å²) >= 11 is 0. The van der Waals surface area contributed by atoms with Gasteiger partial charge in [-0.3, -0.25) is 9.59 Å². The van der Waals surface area contributed by atoms with Gasteiger partial charge in [0.25, 0.3) is 0 Å². The van der Waals surface area contributed by atoms with Gasteiger partial charge in [-0.25, -0.2) is 0 Å². The van der Waals surface area contributed by atoms with Crippen LogP contribution < -0.4 is 28.4 Å². The van der Waals surface area contributed by atoms with Crippen LogP contribution in [0.4, 0.5) is 0 Å². The van der Waals surface area contributed by atoms with Gasteiger partial charge in [-0.05, 0) is 53.6 Å². The van der Waals surface area contributed by atoms with E-state index in [0.717, 1.165) is 11.1 Å². The van der Waals surface area contributed by atoms with Crippen LogP contribution in [0.3, 0.4) is 0 Å². The zero-order valence-electron chi connectivity index (χ0n) is 19.7. The third-order valence-corrected chi connectivity index (χ3v) is 6.45. The summed E-state index contributed by atoms with van der Waals surface area (Å²) in [6.45, 7) is 0.837. The van der Waals surface area contributed by atoms with Crippen molar-refractivity contribution < 1.29 is 38.0 Å². The summed E-state index contributed by atoms with van der Waals surface area (Å²) in [6, 6.07) is 14.2. The van der Waals surface area contributed by atoms with E-state index in [1.54, 1.807) is 32.4 Å². The molecule has 0 radical (unpaired) electrons. The summed E-state index contributed by atoms with van der Waals surface area (Å²) in [4.78, 5) is 25.8. The maximum absolute atomic E-state index is 13.2. The van der Waals surface area contributed by atoms with Gasteiger partial charge in [0.1, 0.15) is 30.5 Å². The number of benzene rings is 3. The van der Waals surface area contributed by atoms with E-state index in [9.17, 15) is 9.59 Å². The smallest absolute Gasteiger partial charge is 0.312 e. The van der Waals surface area contributed by atoms with Crippen LogP contribution >= 0.6 is 0 Å². The third-order valence-electron chi connectivity index (χ3n) is 6.45. The topological polar surface area (TPSA) is 89.5 Å². The molecule has 0 bridgehead atoms. The molecule has 3 aliphatic heterocycles. The van der Waals surface area contributed by atoms with Crippen LogP contribution in [0.5, 0.6) is 34.5 Å². The van der Waals surface area contributed by atoms with Gasteiger partial charge in [-0.15, -0.1) is 0 Å². The van der Waals surface area contributed by atoms with Crippen molar-refractivity contribution in [3.05, 3.63) is 76.5 Å². The quantitative estimate of drug-likeness (QED) is 0.302. The van der Waals surface area contributed by atoms with Crippen LogP contribution in [0.2, 0.25) is 0 Å². The molecular formula is C28H22O8. The fraction of sp³-hybridized carbons (Fsp3) is 0.214. The highest BCUT2D eigenvalue weighted by Gasteiger charge is 2.39. The second kappa shape index (κ2) is 8.64. The molecule has 0 amide bonds. The third kappa shape index (κ3) is 3.62. The number of fused-ring (bicyclic) bond motifs is 4. The Morgan fingerprint density at radius 2 is 1.67 bits per heavy atom. The molecule has 36 heavy (non-hydrogen) atoms. The van der Waals surface area contributed by atoms with Crippen LogP contribution in [0, 0.1) is 0 Å². The van der Waals surface area contributed by atoms with Gasteiger partial charge in [0.15, 0.2) is 17.3 Å². The van der Waals surface area contributed by atoms with Gasteiger partial charge in [-0.2, -0.15) is 0 Å². The van der Waals surface area contributed by atoms with E-state index in [2.05, 4.69) is 0 Å². The molecule has 3 heterocycles. The molecule has 3 aromatic carbocycles. The van der Waals surface area contributed by atoms with Gasteiger partial charge in [0.05, 0.1) is 26.2 Å². The Morgan fingerprint density at radius 1 is 0.861 bits per heavy atom. The molecule has 0 fully saturated rings. The predicted molar refractivity (Wildman–Crippen MR) is 128 cm³/mol. The predicted octanol–water partition coefficient (Wildman–Crippen LogP) is 4.53. The molecule has 3 aromatic rings. The minimum absolute atomic E-state index is 0.0708. The van der Waals surface area contributed by atoms with Crippen molar-refractivity contribution in [1.82, 2.24) is 0 Å². The second-order valence-corrected chi connectivity index (χ2v) is 8.55. The lowest BCUT2D eigenvalue weighted by molar-refractivity contribution is -0.135. The Labute approximate surface area is 206 Å². The lowest BCUT2D eigenvalue weighted by Gasteiger charge is -2.28. The van der Waals surface area contributed by atoms with Crippen molar-refractivity contribution >= 4 is 17.8 Å². The molecule has 3 aliphatic rings. The summed E-state index contributed by atoms with van der Waals surface area (Å²) < 4.78 is 33.9. The highest BCUT2D eigenvalue weighted by Crippen LogP contribution is 2.51. The largest absolute Gasteiger partial charge is 0.497 e. The number of allylic oxidation sites excluding steroid dienone is 1. The first-order chi connectivity index (χ1) is 17.6. The first-order valence-corrected chi connectivity index (χ1v) is 11.5. The van der Waals surface area contributed by atoms with Crippen LogP contribution in [0.15, 0.2) is 54.3 Å². The zero-order valence-corrected chi connectivity index (χ0v) is 19.7. The normalized spacial score (nSPS) is 18.7. The van der Waals surface area contributed by atoms with Crippen molar-refractivity contribution in [2.24, 2.45) is 0 Å². The Hall–Kier alpha value is -4.46. The van der Waals surface area contributed by atoms with Crippen LogP contribution in [-0.4, -0.2) is 39.2 Å². The Bertz CT molecular complexity index is 1400. The highest BCUT2D eigenvalue weighted by molar-refractivity contribution is 6.15. The molecule has 0 spiro atoms. The number of methoxy groups -OCH3 is 2. The first kappa shape index (κ1) is 22.0. The number of hydrogen-bond acceptors (Lipinski definition) is 8. The zero-order chi connectivity index (χ0) is 24.8. The summed E-state index contributed by atoms with van der Waals surface area (Å²) in [6.07, 6.45) is 1.76. The van der Waals surface area contributed by atoms with Crippen LogP contribution in [0.1, 0.15) is 39.4 Å². The van der Waals surface area contributed by atoms with E-state index in [4.69, 9.17) is 28.4 Å². The summed E-state index contributed by atoms with van der Waals surface area (Å²) in [5.74, 6) is 2.19. The number of rotatable bonds is 4. The number of esters is 1. The second-order valence-electron chi connectivity index (χ2n) is 8.55. The van der Waals surface area contributed by atoms with E-state index in [1.165, 1.54) is 0 Å². The molecular weight excluding hydrogens is 464 g/mol. The van der Waals surface area contributed by atoms with Crippen molar-refractivity contribution in [3.63, 3.8) is 0 Å². The number of carbonyl (C=O) groups is 2. The number of ether oxygens (including phenoxy) is 6. The standard InChI is InChI=1S/C28H22O8/c1-31-17-5-3-15(4-6-17)11-21-26(30)18-7-8-20-25(27(18)36-21)19(14-24(29)35-20)16-12-22(32-2)28-23(13-16)33-9-10-34-28/h3-8,11-13,19H,9-10,14H2,1-2H3/b21-11+/t19-/m0/s1. The summed E-state index contributed by atoms with van der Waals surface area (Å²) in [7, 11) is 3.15. The summed E-state index contributed by atoms with van der Waals surface area (Å²) in [5, 5.41) is 0. The van der Waals surface area contributed by atoms with Crippen LogP contribution in [-0.2, 0) is 4.79 Å². The van der Waals surface area contributed by atoms with Crippen LogP contribution in [0.25, 0.3) is 6.08 Å². The molecule has 6 rings (SSSR count). The van der Waals surface area contributed by atoms with E-state index >= 15 is 0 Å². The molecule has 0 aliphatic carbocycles. The Morgan fingerprint density at radius 3 is 2.44 bits per heavy atom. The van der Waals surface area contributed by atoms with Gasteiger partial charge in [-0.1, -0.05) is 12.1 Å². The Kier molecular flexibility index (Phi) is 5.29. The molecule has 0 saturated carbocycles. The minimum atomic E-state index is -0.436. The maximum Gasteiger partial charge on any atom is 0.312 e. The van der Waals surface area contributed by atoms with Gasteiger partial charge < -0.3 is 28.4 Å². The lowest BCUT2D eigenvalue weighted by atomic mass is 9.84. The highest BCUT2D eigenvalue weighted by atomic mass is 16.6. The Balaban J connectivity index is 1.44. The number of ketones is 1. The van der Waals surface area contributed by atoms with Gasteiger partial charge in [0, 0.05) is 11.5 Å². The molecule has 8 heteroatoms. The first-order valence-electron chi connectivity index (χ1n) is 11.5. The van der Waals surface area contributed by atoms with Crippen molar-refractivity contribution in [2.75, 3.05) is 27.4 Å². The van der Waals surface area contributed by atoms with E-state index in [1.807, 2.05) is 36.4 Å². The minimum Gasteiger partial charge on any atom is -0.497 e. The average Bonchev–Trinajstić information content (AvgIpc) is 3.22. The molecule has 0 unspecified atom stereocenters. The molecule has 8 nitrogen and oxygen atoms in total. The number of carbonyl (C=O) groups excluding carboxylic acids is 2.